The third-order valence-corrected chi connectivity index (χ3v) is 2.11. The van der Waals surface area contributed by atoms with E-state index in [1.165, 1.54) is 0 Å². The Balaban J connectivity index is 2.75. The minimum atomic E-state index is 0.858. The van der Waals surface area contributed by atoms with E-state index in [4.69, 9.17) is 4.74 Å². The van der Waals surface area contributed by atoms with Crippen molar-refractivity contribution in [2.45, 2.75) is 13.8 Å². The van der Waals surface area contributed by atoms with Gasteiger partial charge in [-0.15, -0.1) is 0 Å². The normalized spacial score (nSPS) is 12.6. The van der Waals surface area contributed by atoms with Crippen LogP contribution in [0.2, 0.25) is 0 Å². The zero-order valence-electron chi connectivity index (χ0n) is 9.97. The Hall–Kier alpha value is -1.83. The smallest absolute Gasteiger partial charge is 0.118 e. The van der Waals surface area contributed by atoms with Gasteiger partial charge in [0.05, 0.1) is 12.8 Å². The number of aliphatic imine (C=N–C) groups is 1. The quantitative estimate of drug-likeness (QED) is 0.555. The molecule has 0 fully saturated rings. The number of nitrogens with zero attached hydrogens (tertiary/aromatic N) is 1. The van der Waals surface area contributed by atoms with Crippen LogP contribution in [0.25, 0.3) is 0 Å². The Kier molecular flexibility index (Phi) is 5.06. The summed E-state index contributed by atoms with van der Waals surface area (Å²) in [7, 11) is 1.66. The van der Waals surface area contributed by atoms with Gasteiger partial charge in [0.1, 0.15) is 5.75 Å². The summed E-state index contributed by atoms with van der Waals surface area (Å²) in [4.78, 5) is 4.37. The van der Waals surface area contributed by atoms with E-state index >= 15 is 0 Å². The van der Waals surface area contributed by atoms with Gasteiger partial charge in [0, 0.05) is 6.21 Å². The first-order chi connectivity index (χ1) is 7.80. The number of rotatable bonds is 4. The summed E-state index contributed by atoms with van der Waals surface area (Å²) in [5.74, 6) is 0.858. The van der Waals surface area contributed by atoms with E-state index in [9.17, 15) is 0 Å². The molecule has 0 atom stereocenters. The zero-order chi connectivity index (χ0) is 11.8. The Morgan fingerprint density at radius 3 is 2.38 bits per heavy atom. The van der Waals surface area contributed by atoms with Crippen LogP contribution >= 0.6 is 0 Å². The predicted molar refractivity (Wildman–Crippen MR) is 69.2 cm³/mol. The third kappa shape index (κ3) is 3.73. The fourth-order valence-corrected chi connectivity index (χ4v) is 1.22. The summed E-state index contributed by atoms with van der Waals surface area (Å²) in [5, 5.41) is 0. The van der Waals surface area contributed by atoms with Crippen LogP contribution in [0.5, 0.6) is 5.75 Å². The highest BCUT2D eigenvalue weighted by molar-refractivity contribution is 5.80. The molecule has 0 radical (unpaired) electrons. The molecule has 0 N–H and O–H groups in total. The molecule has 1 aromatic carbocycles. The first-order valence-corrected chi connectivity index (χ1v) is 5.27. The van der Waals surface area contributed by atoms with E-state index < -0.39 is 0 Å². The highest BCUT2D eigenvalue weighted by Crippen LogP contribution is 2.10. The first-order valence-electron chi connectivity index (χ1n) is 5.27. The number of allylic oxidation sites excluding steroid dienone is 3. The number of benzene rings is 1. The highest BCUT2D eigenvalue weighted by Gasteiger charge is 1.90. The number of hydrogen-bond donors (Lipinski definition) is 0. The van der Waals surface area contributed by atoms with E-state index in [2.05, 4.69) is 4.99 Å². The second-order valence-corrected chi connectivity index (χ2v) is 3.24. The zero-order valence-corrected chi connectivity index (χ0v) is 9.97. The van der Waals surface area contributed by atoms with Crippen molar-refractivity contribution in [3.05, 3.63) is 53.8 Å². The van der Waals surface area contributed by atoms with Crippen molar-refractivity contribution in [2.24, 2.45) is 4.99 Å². The van der Waals surface area contributed by atoms with Crippen LogP contribution in [0.4, 0.5) is 0 Å². The van der Waals surface area contributed by atoms with E-state index in [1.54, 1.807) is 7.11 Å². The van der Waals surface area contributed by atoms with Crippen LogP contribution in [-0.4, -0.2) is 13.3 Å². The second-order valence-electron chi connectivity index (χ2n) is 3.24. The van der Waals surface area contributed by atoms with E-state index in [1.807, 2.05) is 62.6 Å². The molecule has 0 aliphatic carbocycles. The van der Waals surface area contributed by atoms with Crippen molar-refractivity contribution in [3.63, 3.8) is 0 Å². The second kappa shape index (κ2) is 6.62. The molecule has 0 heterocycles. The van der Waals surface area contributed by atoms with Crippen molar-refractivity contribution < 1.29 is 4.74 Å². The minimum absolute atomic E-state index is 0.858. The average molecular weight is 215 g/mol. The number of hydrogen-bond acceptors (Lipinski definition) is 2. The molecule has 2 nitrogen and oxygen atoms in total. The molecule has 0 amide bonds. The molecule has 0 aliphatic rings. The maximum Gasteiger partial charge on any atom is 0.118 e. The van der Waals surface area contributed by atoms with Crippen LogP contribution in [0.15, 0.2) is 53.2 Å². The lowest BCUT2D eigenvalue weighted by molar-refractivity contribution is 0.415. The standard InChI is InChI=1S/C14H17NO/c1-4-6-13(5-2)15-11-12-7-9-14(16-3)10-8-12/h4-11H,1-3H3. The lowest BCUT2D eigenvalue weighted by Gasteiger charge is -1.98. The molecular weight excluding hydrogens is 198 g/mol. The van der Waals surface area contributed by atoms with Crippen LogP contribution in [0.3, 0.4) is 0 Å². The molecule has 84 valence electrons. The Morgan fingerprint density at radius 1 is 1.19 bits per heavy atom. The van der Waals surface area contributed by atoms with E-state index in [-0.39, 0.29) is 0 Å². The molecule has 0 aromatic heterocycles. The minimum Gasteiger partial charge on any atom is -0.497 e. The Morgan fingerprint density at radius 2 is 1.88 bits per heavy atom. The van der Waals surface area contributed by atoms with Gasteiger partial charge in [-0.25, -0.2) is 0 Å². The summed E-state index contributed by atoms with van der Waals surface area (Å²) < 4.78 is 5.09. The summed E-state index contributed by atoms with van der Waals surface area (Å²) in [6.45, 7) is 3.95. The van der Waals surface area contributed by atoms with Gasteiger partial charge in [0.2, 0.25) is 0 Å². The van der Waals surface area contributed by atoms with E-state index in [0.717, 1.165) is 17.0 Å². The van der Waals surface area contributed by atoms with Crippen molar-refractivity contribution >= 4 is 6.21 Å². The molecular formula is C14H17NO. The van der Waals surface area contributed by atoms with Gasteiger partial charge >= 0.3 is 0 Å². The lowest BCUT2D eigenvalue weighted by atomic mass is 10.2. The lowest BCUT2D eigenvalue weighted by Crippen LogP contribution is -1.85. The topological polar surface area (TPSA) is 21.6 Å². The average Bonchev–Trinajstić information content (AvgIpc) is 2.35. The van der Waals surface area contributed by atoms with Crippen LogP contribution in [0.1, 0.15) is 19.4 Å². The van der Waals surface area contributed by atoms with Gasteiger partial charge < -0.3 is 4.74 Å². The molecule has 2 heteroatoms. The summed E-state index contributed by atoms with van der Waals surface area (Å²) in [6, 6.07) is 7.80. The molecule has 0 saturated heterocycles. The Labute approximate surface area is 97.0 Å². The molecule has 0 saturated carbocycles. The molecule has 0 unspecified atom stereocenters. The molecule has 16 heavy (non-hydrogen) atoms. The van der Waals surface area contributed by atoms with Gasteiger partial charge in [-0.3, -0.25) is 4.99 Å². The fraction of sp³-hybridized carbons (Fsp3) is 0.214. The number of ether oxygens (including phenoxy) is 1. The fourth-order valence-electron chi connectivity index (χ4n) is 1.22. The van der Waals surface area contributed by atoms with Crippen molar-refractivity contribution in [2.75, 3.05) is 7.11 Å². The van der Waals surface area contributed by atoms with Crippen LogP contribution in [-0.2, 0) is 0 Å². The van der Waals surface area contributed by atoms with Crippen LogP contribution in [0, 0.1) is 0 Å². The summed E-state index contributed by atoms with van der Waals surface area (Å²) in [6.07, 6.45) is 7.76. The highest BCUT2D eigenvalue weighted by atomic mass is 16.5. The van der Waals surface area contributed by atoms with Crippen molar-refractivity contribution in [1.29, 1.82) is 0 Å². The van der Waals surface area contributed by atoms with Gasteiger partial charge in [0.25, 0.3) is 0 Å². The first kappa shape index (κ1) is 12.2. The maximum absolute atomic E-state index is 5.09. The summed E-state index contributed by atoms with van der Waals surface area (Å²) >= 11 is 0. The molecule has 0 aliphatic heterocycles. The van der Waals surface area contributed by atoms with Gasteiger partial charge in [-0.2, -0.15) is 0 Å². The molecule has 1 rings (SSSR count). The monoisotopic (exact) mass is 215 g/mol. The molecule has 1 aromatic rings. The van der Waals surface area contributed by atoms with Gasteiger partial charge in [0.15, 0.2) is 0 Å². The number of methoxy groups -OCH3 is 1. The van der Waals surface area contributed by atoms with Crippen LogP contribution < -0.4 is 4.74 Å². The summed E-state index contributed by atoms with van der Waals surface area (Å²) in [5.41, 5.74) is 2.02. The molecule has 0 spiro atoms. The van der Waals surface area contributed by atoms with Gasteiger partial charge in [-0.1, -0.05) is 12.2 Å². The van der Waals surface area contributed by atoms with Crippen molar-refractivity contribution in [1.82, 2.24) is 0 Å². The SMILES string of the molecule is CC=CC(=CC)N=Cc1ccc(OC)cc1. The van der Waals surface area contributed by atoms with Crippen molar-refractivity contribution in [3.8, 4) is 5.75 Å². The third-order valence-electron chi connectivity index (χ3n) is 2.11. The Bertz CT molecular complexity index is 399. The largest absolute Gasteiger partial charge is 0.497 e. The maximum atomic E-state index is 5.09. The predicted octanol–water partition coefficient (Wildman–Crippen LogP) is 3.59. The van der Waals surface area contributed by atoms with E-state index in [0.29, 0.717) is 0 Å². The molecule has 0 bridgehead atoms. The van der Waals surface area contributed by atoms with Gasteiger partial charge in [-0.05, 0) is 49.8 Å².